The molecule has 0 unspecified atom stereocenters. The summed E-state index contributed by atoms with van der Waals surface area (Å²) in [5.74, 6) is 0.828. The Kier molecular flexibility index (Phi) is 4.95. The van der Waals surface area contributed by atoms with Gasteiger partial charge in [0.2, 0.25) is 0 Å². The summed E-state index contributed by atoms with van der Waals surface area (Å²) in [6, 6.07) is 5.89. The van der Waals surface area contributed by atoms with E-state index in [1.54, 1.807) is 19.1 Å². The fraction of sp³-hybridized carbons (Fsp3) is 0.632. The first-order valence-electron chi connectivity index (χ1n) is 8.87. The van der Waals surface area contributed by atoms with Gasteiger partial charge in [-0.15, -0.1) is 0 Å². The molecule has 23 heavy (non-hydrogen) atoms. The quantitative estimate of drug-likeness (QED) is 0.852. The lowest BCUT2D eigenvalue weighted by Gasteiger charge is -2.30. The first-order valence-corrected chi connectivity index (χ1v) is 8.87. The van der Waals surface area contributed by atoms with Gasteiger partial charge in [-0.2, -0.15) is 5.26 Å². The van der Waals surface area contributed by atoms with Gasteiger partial charge in [-0.05, 0) is 44.2 Å². The van der Waals surface area contributed by atoms with Gasteiger partial charge in [-0.25, -0.2) is 4.98 Å². The van der Waals surface area contributed by atoms with Crippen molar-refractivity contribution < 1.29 is 4.79 Å². The molecular formula is C19H25N3O. The van der Waals surface area contributed by atoms with Gasteiger partial charge in [-0.1, -0.05) is 32.1 Å². The zero-order valence-electron chi connectivity index (χ0n) is 13.9. The van der Waals surface area contributed by atoms with Gasteiger partial charge in [0.15, 0.2) is 0 Å². The molecule has 3 rings (SSSR count). The summed E-state index contributed by atoms with van der Waals surface area (Å²) in [5, 5.41) is 9.00. The molecule has 0 N–H and O–H groups in total. The Bertz CT molecular complexity index is 614. The summed E-state index contributed by atoms with van der Waals surface area (Å²) in [7, 11) is 0. The predicted molar refractivity (Wildman–Crippen MR) is 88.9 cm³/mol. The number of amides is 1. The van der Waals surface area contributed by atoms with Crippen molar-refractivity contribution in [1.82, 2.24) is 9.88 Å². The molecule has 1 aliphatic carbocycles. The maximum absolute atomic E-state index is 12.8. The average Bonchev–Trinajstić information content (AvgIpc) is 3.03. The number of hydrogen-bond acceptors (Lipinski definition) is 3. The standard InChI is InChI=1S/C19H25N3O/c1-14-16(13-20)9-10-18(21-14)19(23)22-11-5-8-17(22)12-15-6-3-2-4-7-15/h9-10,15,17H,2-8,11-12H2,1H3/t17-/m0/s1. The Balaban J connectivity index is 1.70. The third-order valence-corrected chi connectivity index (χ3v) is 5.39. The highest BCUT2D eigenvalue weighted by molar-refractivity contribution is 5.92. The first-order chi connectivity index (χ1) is 11.2. The minimum atomic E-state index is 0.0379. The van der Waals surface area contributed by atoms with E-state index in [2.05, 4.69) is 11.1 Å². The smallest absolute Gasteiger partial charge is 0.272 e. The van der Waals surface area contributed by atoms with Crippen LogP contribution in [0.1, 0.15) is 73.1 Å². The van der Waals surface area contributed by atoms with E-state index in [9.17, 15) is 4.79 Å². The topological polar surface area (TPSA) is 57.0 Å². The van der Waals surface area contributed by atoms with E-state index in [1.807, 2.05) is 4.90 Å². The third kappa shape index (κ3) is 3.55. The van der Waals surface area contributed by atoms with Crippen LogP contribution >= 0.6 is 0 Å². The Labute approximate surface area is 138 Å². The van der Waals surface area contributed by atoms with E-state index in [-0.39, 0.29) is 5.91 Å². The highest BCUT2D eigenvalue weighted by atomic mass is 16.2. The van der Waals surface area contributed by atoms with Crippen molar-refractivity contribution in [3.63, 3.8) is 0 Å². The molecule has 2 heterocycles. The number of rotatable bonds is 3. The van der Waals surface area contributed by atoms with Crippen molar-refractivity contribution in [2.45, 2.75) is 64.3 Å². The lowest BCUT2D eigenvalue weighted by molar-refractivity contribution is 0.0705. The van der Waals surface area contributed by atoms with Gasteiger partial charge >= 0.3 is 0 Å². The van der Waals surface area contributed by atoms with Gasteiger partial charge in [-0.3, -0.25) is 4.79 Å². The summed E-state index contributed by atoms with van der Waals surface area (Å²) in [6.07, 6.45) is 10.1. The van der Waals surface area contributed by atoms with Gasteiger partial charge < -0.3 is 4.90 Å². The minimum Gasteiger partial charge on any atom is -0.334 e. The molecule has 1 atom stereocenters. The number of pyridine rings is 1. The summed E-state index contributed by atoms with van der Waals surface area (Å²) in [6.45, 7) is 2.63. The van der Waals surface area contributed by atoms with Crippen LogP contribution in [0, 0.1) is 24.2 Å². The van der Waals surface area contributed by atoms with Crippen LogP contribution in [0.4, 0.5) is 0 Å². The molecule has 1 aromatic rings. The van der Waals surface area contributed by atoms with Crippen molar-refractivity contribution in [3.8, 4) is 6.07 Å². The minimum absolute atomic E-state index is 0.0379. The fourth-order valence-corrected chi connectivity index (χ4v) is 4.10. The fourth-order valence-electron chi connectivity index (χ4n) is 4.10. The number of carbonyl (C=O) groups excluding carboxylic acids is 1. The lowest BCUT2D eigenvalue weighted by atomic mass is 9.84. The Morgan fingerprint density at radius 3 is 2.74 bits per heavy atom. The van der Waals surface area contributed by atoms with E-state index in [1.165, 1.54) is 32.1 Å². The van der Waals surface area contributed by atoms with Crippen LogP contribution in [0.2, 0.25) is 0 Å². The van der Waals surface area contributed by atoms with E-state index in [0.29, 0.717) is 23.0 Å². The van der Waals surface area contributed by atoms with Crippen LogP contribution in [0.5, 0.6) is 0 Å². The molecular weight excluding hydrogens is 286 g/mol. The average molecular weight is 311 g/mol. The third-order valence-electron chi connectivity index (χ3n) is 5.39. The molecule has 0 radical (unpaired) electrons. The molecule has 2 aliphatic rings. The van der Waals surface area contributed by atoms with Crippen molar-refractivity contribution in [1.29, 1.82) is 5.26 Å². The Hall–Kier alpha value is -1.89. The molecule has 1 saturated heterocycles. The van der Waals surface area contributed by atoms with Crippen LogP contribution in [0.3, 0.4) is 0 Å². The van der Waals surface area contributed by atoms with Crippen LogP contribution in [-0.2, 0) is 0 Å². The number of hydrogen-bond donors (Lipinski definition) is 0. The van der Waals surface area contributed by atoms with Crippen molar-refractivity contribution in [2.75, 3.05) is 6.54 Å². The second kappa shape index (κ2) is 7.12. The number of aromatic nitrogens is 1. The highest BCUT2D eigenvalue weighted by Gasteiger charge is 2.32. The first kappa shape index (κ1) is 16.0. The molecule has 0 aromatic carbocycles. The van der Waals surface area contributed by atoms with Gasteiger partial charge in [0.05, 0.1) is 11.3 Å². The van der Waals surface area contributed by atoms with E-state index >= 15 is 0 Å². The molecule has 1 saturated carbocycles. The number of nitriles is 1. The maximum Gasteiger partial charge on any atom is 0.272 e. The van der Waals surface area contributed by atoms with Gasteiger partial charge in [0.1, 0.15) is 11.8 Å². The van der Waals surface area contributed by atoms with Crippen molar-refractivity contribution >= 4 is 5.91 Å². The second-order valence-corrected chi connectivity index (χ2v) is 6.98. The molecule has 1 aromatic heterocycles. The summed E-state index contributed by atoms with van der Waals surface area (Å²) < 4.78 is 0. The predicted octanol–water partition coefficient (Wildman–Crippen LogP) is 3.84. The van der Waals surface area contributed by atoms with Crippen molar-refractivity contribution in [3.05, 3.63) is 29.1 Å². The molecule has 0 bridgehead atoms. The number of nitrogens with zero attached hydrogens (tertiary/aromatic N) is 3. The largest absolute Gasteiger partial charge is 0.334 e. The van der Waals surface area contributed by atoms with Gasteiger partial charge in [0.25, 0.3) is 5.91 Å². The number of aryl methyl sites for hydroxylation is 1. The van der Waals surface area contributed by atoms with Crippen LogP contribution in [-0.4, -0.2) is 28.4 Å². The van der Waals surface area contributed by atoms with Crippen molar-refractivity contribution in [2.24, 2.45) is 5.92 Å². The molecule has 1 aliphatic heterocycles. The molecule has 4 heteroatoms. The van der Waals surface area contributed by atoms with Crippen LogP contribution < -0.4 is 0 Å². The SMILES string of the molecule is Cc1nc(C(=O)N2CCC[C@H]2CC2CCCCC2)ccc1C#N. The maximum atomic E-state index is 12.8. The van der Waals surface area contributed by atoms with E-state index < -0.39 is 0 Å². The molecule has 4 nitrogen and oxygen atoms in total. The lowest BCUT2D eigenvalue weighted by Crippen LogP contribution is -2.37. The monoisotopic (exact) mass is 311 g/mol. The number of carbonyl (C=O) groups is 1. The van der Waals surface area contributed by atoms with Gasteiger partial charge in [0, 0.05) is 12.6 Å². The molecule has 2 fully saturated rings. The number of likely N-dealkylation sites (tertiary alicyclic amines) is 1. The Morgan fingerprint density at radius 2 is 2.04 bits per heavy atom. The molecule has 1 amide bonds. The summed E-state index contributed by atoms with van der Waals surface area (Å²) in [5.41, 5.74) is 1.67. The molecule has 0 spiro atoms. The summed E-state index contributed by atoms with van der Waals surface area (Å²) in [4.78, 5) is 19.2. The summed E-state index contributed by atoms with van der Waals surface area (Å²) >= 11 is 0. The Morgan fingerprint density at radius 1 is 1.26 bits per heavy atom. The van der Waals surface area contributed by atoms with Crippen LogP contribution in [0.25, 0.3) is 0 Å². The highest BCUT2D eigenvalue weighted by Crippen LogP contribution is 2.32. The zero-order valence-corrected chi connectivity index (χ0v) is 13.9. The second-order valence-electron chi connectivity index (χ2n) is 6.98. The molecule has 122 valence electrons. The zero-order chi connectivity index (χ0) is 16.2. The normalized spacial score (nSPS) is 22.1. The van der Waals surface area contributed by atoms with E-state index in [4.69, 9.17) is 5.26 Å². The van der Waals surface area contributed by atoms with Crippen LogP contribution in [0.15, 0.2) is 12.1 Å². The van der Waals surface area contributed by atoms with E-state index in [0.717, 1.165) is 31.7 Å².